The summed E-state index contributed by atoms with van der Waals surface area (Å²) in [4.78, 5) is 17.2. The Morgan fingerprint density at radius 2 is 1.63 bits per heavy atom. The van der Waals surface area contributed by atoms with Gasteiger partial charge in [0.1, 0.15) is 10.6 Å². The zero-order valence-corrected chi connectivity index (χ0v) is 20.4. The average molecular weight is 488 g/mol. The first-order valence-corrected chi connectivity index (χ1v) is 12.4. The van der Waals surface area contributed by atoms with Crippen LogP contribution in [0.25, 0.3) is 11.1 Å². The molecule has 8 heteroatoms. The van der Waals surface area contributed by atoms with Crippen molar-refractivity contribution in [1.29, 1.82) is 0 Å². The minimum atomic E-state index is -4.01. The van der Waals surface area contributed by atoms with Gasteiger partial charge in [-0.1, -0.05) is 48.5 Å². The highest BCUT2D eigenvalue weighted by Gasteiger charge is 2.23. The zero-order chi connectivity index (χ0) is 25.0. The van der Waals surface area contributed by atoms with Crippen molar-refractivity contribution in [3.63, 3.8) is 0 Å². The SMILES string of the molecule is COc1ccc(NC(=O)c2ccncc2-c2ccccc2)cc1S(=O)(=O)Nc1c(C)cccc1C. The number of nitrogens with zero attached hydrogens (tertiary/aromatic N) is 1. The normalized spacial score (nSPS) is 11.1. The predicted molar refractivity (Wildman–Crippen MR) is 137 cm³/mol. The molecule has 0 radical (unpaired) electrons. The number of methoxy groups -OCH3 is 1. The second kappa shape index (κ2) is 9.99. The molecule has 2 N–H and O–H groups in total. The quantitative estimate of drug-likeness (QED) is 0.362. The first-order valence-electron chi connectivity index (χ1n) is 10.9. The van der Waals surface area contributed by atoms with Gasteiger partial charge in [0.05, 0.1) is 18.4 Å². The molecule has 0 aliphatic heterocycles. The van der Waals surface area contributed by atoms with E-state index in [0.717, 1.165) is 16.7 Å². The third kappa shape index (κ3) is 5.17. The lowest BCUT2D eigenvalue weighted by Gasteiger charge is -2.16. The van der Waals surface area contributed by atoms with Crippen LogP contribution < -0.4 is 14.8 Å². The summed E-state index contributed by atoms with van der Waals surface area (Å²) in [6, 6.07) is 21.1. The van der Waals surface area contributed by atoms with E-state index in [9.17, 15) is 13.2 Å². The van der Waals surface area contributed by atoms with Gasteiger partial charge in [-0.3, -0.25) is 14.5 Å². The number of aryl methyl sites for hydroxylation is 2. The number of pyridine rings is 1. The van der Waals surface area contributed by atoms with E-state index in [0.29, 0.717) is 22.5 Å². The molecule has 0 fully saturated rings. The summed E-state index contributed by atoms with van der Waals surface area (Å²) >= 11 is 0. The van der Waals surface area contributed by atoms with Gasteiger partial charge in [-0.2, -0.15) is 0 Å². The van der Waals surface area contributed by atoms with E-state index in [-0.39, 0.29) is 16.6 Å². The second-order valence-electron chi connectivity index (χ2n) is 7.98. The smallest absolute Gasteiger partial charge is 0.265 e. The molecular weight excluding hydrogens is 462 g/mol. The van der Waals surface area contributed by atoms with Crippen molar-refractivity contribution >= 4 is 27.3 Å². The minimum absolute atomic E-state index is 0.0848. The average Bonchev–Trinajstić information content (AvgIpc) is 2.87. The molecule has 1 aromatic heterocycles. The Balaban J connectivity index is 1.67. The van der Waals surface area contributed by atoms with Crippen LogP contribution in [0.2, 0.25) is 0 Å². The molecule has 0 atom stereocenters. The highest BCUT2D eigenvalue weighted by atomic mass is 32.2. The number of para-hydroxylation sites is 1. The minimum Gasteiger partial charge on any atom is -0.495 e. The van der Waals surface area contributed by atoms with Crippen LogP contribution >= 0.6 is 0 Å². The van der Waals surface area contributed by atoms with E-state index in [1.807, 2.05) is 62.4 Å². The maximum atomic E-state index is 13.3. The van der Waals surface area contributed by atoms with E-state index >= 15 is 0 Å². The summed E-state index contributed by atoms with van der Waals surface area (Å²) in [5, 5.41) is 2.80. The van der Waals surface area contributed by atoms with E-state index < -0.39 is 10.0 Å². The van der Waals surface area contributed by atoms with Gasteiger partial charge in [-0.05, 0) is 54.8 Å². The highest BCUT2D eigenvalue weighted by molar-refractivity contribution is 7.92. The Hall–Kier alpha value is -4.17. The summed E-state index contributed by atoms with van der Waals surface area (Å²) in [7, 11) is -2.61. The van der Waals surface area contributed by atoms with Crippen LogP contribution in [0.3, 0.4) is 0 Å². The van der Waals surface area contributed by atoms with Crippen LogP contribution in [0.15, 0.2) is 90.1 Å². The van der Waals surface area contributed by atoms with Crippen LogP contribution in [0.1, 0.15) is 21.5 Å². The molecule has 0 bridgehead atoms. The number of benzene rings is 3. The van der Waals surface area contributed by atoms with Crippen LogP contribution in [0.4, 0.5) is 11.4 Å². The number of hydrogen-bond donors (Lipinski definition) is 2. The Morgan fingerprint density at radius 3 is 2.31 bits per heavy atom. The molecule has 1 heterocycles. The predicted octanol–water partition coefficient (Wildman–Crippen LogP) is 5.43. The molecular formula is C27H25N3O4S. The number of carbonyl (C=O) groups excluding carboxylic acids is 1. The largest absolute Gasteiger partial charge is 0.495 e. The molecule has 7 nitrogen and oxygen atoms in total. The summed E-state index contributed by atoms with van der Waals surface area (Å²) in [6.45, 7) is 3.66. The number of aromatic nitrogens is 1. The molecule has 0 aliphatic carbocycles. The Bertz CT molecular complexity index is 1470. The van der Waals surface area contributed by atoms with Gasteiger partial charge < -0.3 is 10.1 Å². The molecule has 35 heavy (non-hydrogen) atoms. The zero-order valence-electron chi connectivity index (χ0n) is 19.6. The van der Waals surface area contributed by atoms with Gasteiger partial charge in [-0.15, -0.1) is 0 Å². The molecule has 0 saturated heterocycles. The number of anilines is 2. The van der Waals surface area contributed by atoms with Crippen molar-refractivity contribution in [2.24, 2.45) is 0 Å². The summed E-state index contributed by atoms with van der Waals surface area (Å²) in [6.07, 6.45) is 3.17. The highest BCUT2D eigenvalue weighted by Crippen LogP contribution is 2.31. The van der Waals surface area contributed by atoms with Crippen molar-refractivity contribution in [1.82, 2.24) is 4.98 Å². The van der Waals surface area contributed by atoms with Crippen LogP contribution in [-0.4, -0.2) is 26.4 Å². The van der Waals surface area contributed by atoms with Gasteiger partial charge in [0.25, 0.3) is 15.9 Å². The lowest BCUT2D eigenvalue weighted by Crippen LogP contribution is -2.17. The Kier molecular flexibility index (Phi) is 6.84. The van der Waals surface area contributed by atoms with Crippen molar-refractivity contribution < 1.29 is 17.9 Å². The van der Waals surface area contributed by atoms with Gasteiger partial charge in [0.15, 0.2) is 0 Å². The first-order chi connectivity index (χ1) is 16.8. The topological polar surface area (TPSA) is 97.4 Å². The Morgan fingerprint density at radius 1 is 0.914 bits per heavy atom. The number of rotatable bonds is 7. The molecule has 1 amide bonds. The molecule has 178 valence electrons. The number of amides is 1. The summed E-state index contributed by atoms with van der Waals surface area (Å²) in [5.41, 5.74) is 4.35. The van der Waals surface area contributed by atoms with E-state index in [1.54, 1.807) is 24.5 Å². The van der Waals surface area contributed by atoms with Crippen LogP contribution in [0, 0.1) is 13.8 Å². The lowest BCUT2D eigenvalue weighted by molar-refractivity contribution is 0.102. The fourth-order valence-electron chi connectivity index (χ4n) is 3.77. The van der Waals surface area contributed by atoms with Gasteiger partial charge in [-0.25, -0.2) is 8.42 Å². The molecule has 0 unspecified atom stereocenters. The van der Waals surface area contributed by atoms with E-state index in [2.05, 4.69) is 15.0 Å². The number of hydrogen-bond acceptors (Lipinski definition) is 5. The maximum Gasteiger partial charge on any atom is 0.265 e. The third-order valence-corrected chi connectivity index (χ3v) is 6.95. The van der Waals surface area contributed by atoms with Gasteiger partial charge in [0.2, 0.25) is 0 Å². The lowest BCUT2D eigenvalue weighted by atomic mass is 10.0. The van der Waals surface area contributed by atoms with Gasteiger partial charge in [0, 0.05) is 23.6 Å². The molecule has 3 aromatic carbocycles. The molecule has 0 aliphatic rings. The maximum absolute atomic E-state index is 13.3. The molecule has 4 rings (SSSR count). The summed E-state index contributed by atoms with van der Waals surface area (Å²) in [5.74, 6) is -0.224. The fourth-order valence-corrected chi connectivity index (χ4v) is 5.17. The molecule has 0 saturated carbocycles. The van der Waals surface area contributed by atoms with Crippen LogP contribution in [0.5, 0.6) is 5.75 Å². The Labute approximate surface area is 204 Å². The van der Waals surface area contributed by atoms with Crippen molar-refractivity contribution in [3.8, 4) is 16.9 Å². The standard InChI is InChI=1S/C27H25N3O4S/c1-18-8-7-9-19(2)26(18)30-35(32,33)25-16-21(12-13-24(25)34-3)29-27(31)22-14-15-28-17-23(22)20-10-5-4-6-11-20/h4-17,30H,1-3H3,(H,29,31). The van der Waals surface area contributed by atoms with Crippen molar-refractivity contribution in [3.05, 3.63) is 102 Å². The van der Waals surface area contributed by atoms with Crippen LogP contribution in [-0.2, 0) is 10.0 Å². The summed E-state index contributed by atoms with van der Waals surface area (Å²) < 4.78 is 34.6. The van der Waals surface area contributed by atoms with Gasteiger partial charge >= 0.3 is 0 Å². The monoisotopic (exact) mass is 487 g/mol. The van der Waals surface area contributed by atoms with E-state index in [4.69, 9.17) is 4.74 Å². The molecule has 0 spiro atoms. The fraction of sp³-hybridized carbons (Fsp3) is 0.111. The first kappa shape index (κ1) is 24.0. The van der Waals surface area contributed by atoms with Crippen molar-refractivity contribution in [2.45, 2.75) is 18.7 Å². The number of carbonyl (C=O) groups is 1. The van der Waals surface area contributed by atoms with Crippen molar-refractivity contribution in [2.75, 3.05) is 17.1 Å². The molecule has 4 aromatic rings. The number of sulfonamides is 1. The number of ether oxygens (including phenoxy) is 1. The van der Waals surface area contributed by atoms with E-state index in [1.165, 1.54) is 19.2 Å². The number of nitrogens with one attached hydrogen (secondary N) is 2. The second-order valence-corrected chi connectivity index (χ2v) is 9.63. The third-order valence-electron chi connectivity index (χ3n) is 5.58.